The molecule has 0 unspecified atom stereocenters. The van der Waals surface area contributed by atoms with Gasteiger partial charge >= 0.3 is 6.03 Å². The molecule has 1 heterocycles. The third kappa shape index (κ3) is 3.54. The van der Waals surface area contributed by atoms with E-state index in [1.54, 1.807) is 7.05 Å². The van der Waals surface area contributed by atoms with Gasteiger partial charge in [0, 0.05) is 32.6 Å². The molecule has 0 bridgehead atoms. The fourth-order valence-electron chi connectivity index (χ4n) is 3.28. The molecule has 1 saturated carbocycles. The molecule has 2 aliphatic rings. The molecule has 0 spiro atoms. The van der Waals surface area contributed by atoms with Crippen molar-refractivity contribution in [3.8, 4) is 0 Å². The minimum absolute atomic E-state index is 0.149. The lowest BCUT2D eigenvalue weighted by atomic mass is 10.1. The van der Waals surface area contributed by atoms with Crippen LogP contribution < -0.4 is 0 Å². The highest BCUT2D eigenvalue weighted by atomic mass is 16.2. The molecular formula is C15H25N3O3. The number of hydrogen-bond acceptors (Lipinski definition) is 3. The van der Waals surface area contributed by atoms with Crippen LogP contribution in [0.4, 0.5) is 4.79 Å². The van der Waals surface area contributed by atoms with Crippen LogP contribution in [0.3, 0.4) is 0 Å². The van der Waals surface area contributed by atoms with Crippen molar-refractivity contribution in [3.05, 3.63) is 0 Å². The number of carbonyl (C=O) groups is 3. The van der Waals surface area contributed by atoms with Gasteiger partial charge in [-0.1, -0.05) is 12.8 Å². The first kappa shape index (κ1) is 15.8. The van der Waals surface area contributed by atoms with Gasteiger partial charge < -0.3 is 9.80 Å². The molecule has 1 aliphatic carbocycles. The lowest BCUT2D eigenvalue weighted by Crippen LogP contribution is -2.39. The summed E-state index contributed by atoms with van der Waals surface area (Å²) in [5.41, 5.74) is 0. The van der Waals surface area contributed by atoms with Gasteiger partial charge in [-0.3, -0.25) is 14.5 Å². The Hall–Kier alpha value is -1.59. The molecule has 4 amide bonds. The van der Waals surface area contributed by atoms with Gasteiger partial charge in [0.2, 0.25) is 11.8 Å². The highest BCUT2D eigenvalue weighted by Gasteiger charge is 2.33. The molecule has 0 N–H and O–H groups in total. The second-order valence-corrected chi connectivity index (χ2v) is 5.91. The quantitative estimate of drug-likeness (QED) is 0.697. The minimum atomic E-state index is -0.254. The van der Waals surface area contributed by atoms with E-state index < -0.39 is 0 Å². The zero-order valence-electron chi connectivity index (χ0n) is 13.0. The maximum absolute atomic E-state index is 12.3. The molecule has 0 atom stereocenters. The van der Waals surface area contributed by atoms with Crippen molar-refractivity contribution in [1.29, 1.82) is 0 Å². The summed E-state index contributed by atoms with van der Waals surface area (Å²) in [6.07, 6.45) is 5.58. The summed E-state index contributed by atoms with van der Waals surface area (Å²) in [5, 5.41) is 0. The third-order valence-electron chi connectivity index (χ3n) is 4.43. The van der Waals surface area contributed by atoms with Gasteiger partial charge in [0.25, 0.3) is 0 Å². The van der Waals surface area contributed by atoms with E-state index in [0.717, 1.165) is 19.4 Å². The van der Waals surface area contributed by atoms with Crippen molar-refractivity contribution in [2.24, 2.45) is 0 Å². The lowest BCUT2D eigenvalue weighted by molar-refractivity contribution is -0.134. The van der Waals surface area contributed by atoms with Crippen LogP contribution in [0.1, 0.15) is 45.4 Å². The molecule has 118 valence electrons. The van der Waals surface area contributed by atoms with E-state index in [4.69, 9.17) is 0 Å². The molecule has 6 heteroatoms. The Bertz CT molecular complexity index is 418. The average molecular weight is 295 g/mol. The van der Waals surface area contributed by atoms with E-state index in [2.05, 4.69) is 0 Å². The second-order valence-electron chi connectivity index (χ2n) is 5.91. The maximum Gasteiger partial charge on any atom is 0.326 e. The summed E-state index contributed by atoms with van der Waals surface area (Å²) < 4.78 is 0. The zero-order valence-corrected chi connectivity index (χ0v) is 13.0. The normalized spacial score (nSPS) is 19.7. The van der Waals surface area contributed by atoms with Gasteiger partial charge in [0.15, 0.2) is 0 Å². The van der Waals surface area contributed by atoms with E-state index in [1.807, 2.05) is 11.8 Å². The number of amides is 4. The second kappa shape index (κ2) is 6.91. The Balaban J connectivity index is 1.78. The van der Waals surface area contributed by atoms with Crippen LogP contribution in [-0.2, 0) is 9.59 Å². The first-order chi connectivity index (χ1) is 10.0. The van der Waals surface area contributed by atoms with Crippen LogP contribution in [0.2, 0.25) is 0 Å². The summed E-state index contributed by atoms with van der Waals surface area (Å²) in [6, 6.07) is 0.138. The van der Waals surface area contributed by atoms with Crippen molar-refractivity contribution in [3.63, 3.8) is 0 Å². The van der Waals surface area contributed by atoms with E-state index in [1.165, 1.54) is 22.6 Å². The van der Waals surface area contributed by atoms with Crippen LogP contribution in [0.5, 0.6) is 0 Å². The first-order valence-corrected chi connectivity index (χ1v) is 7.89. The van der Waals surface area contributed by atoms with Gasteiger partial charge in [-0.2, -0.15) is 0 Å². The fraction of sp³-hybridized carbons (Fsp3) is 0.800. The number of nitrogens with zero attached hydrogens (tertiary/aromatic N) is 3. The van der Waals surface area contributed by atoms with Crippen molar-refractivity contribution < 1.29 is 14.4 Å². The van der Waals surface area contributed by atoms with E-state index in [0.29, 0.717) is 25.4 Å². The van der Waals surface area contributed by atoms with Crippen LogP contribution in [0, 0.1) is 0 Å². The molecule has 0 aromatic carbocycles. The minimum Gasteiger partial charge on any atom is -0.340 e. The molecule has 0 aromatic rings. The Morgan fingerprint density at radius 3 is 2.48 bits per heavy atom. The van der Waals surface area contributed by atoms with Crippen molar-refractivity contribution in [2.45, 2.75) is 51.5 Å². The third-order valence-corrected chi connectivity index (χ3v) is 4.43. The van der Waals surface area contributed by atoms with E-state index in [-0.39, 0.29) is 24.4 Å². The molecule has 0 radical (unpaired) electrons. The van der Waals surface area contributed by atoms with Crippen LogP contribution in [0.15, 0.2) is 0 Å². The molecule has 21 heavy (non-hydrogen) atoms. The summed E-state index contributed by atoms with van der Waals surface area (Å²) in [4.78, 5) is 40.3. The average Bonchev–Trinajstić information content (AvgIpc) is 3.04. The predicted molar refractivity (Wildman–Crippen MR) is 78.6 cm³/mol. The Labute approximate surface area is 126 Å². The Morgan fingerprint density at radius 2 is 1.95 bits per heavy atom. The van der Waals surface area contributed by atoms with Gasteiger partial charge in [-0.05, 0) is 26.2 Å². The predicted octanol–water partition coefficient (Wildman–Crippen LogP) is 1.45. The van der Waals surface area contributed by atoms with Gasteiger partial charge in [-0.25, -0.2) is 4.79 Å². The highest BCUT2D eigenvalue weighted by molar-refractivity contribution is 6.01. The van der Waals surface area contributed by atoms with Crippen LogP contribution in [-0.4, -0.2) is 65.3 Å². The molecular weight excluding hydrogens is 270 g/mol. The topological polar surface area (TPSA) is 60.9 Å². The highest BCUT2D eigenvalue weighted by Crippen LogP contribution is 2.24. The fourth-order valence-corrected chi connectivity index (χ4v) is 3.28. The molecule has 2 rings (SSSR count). The van der Waals surface area contributed by atoms with Gasteiger partial charge in [0.1, 0.15) is 6.54 Å². The van der Waals surface area contributed by atoms with Crippen molar-refractivity contribution in [1.82, 2.24) is 14.7 Å². The molecule has 6 nitrogen and oxygen atoms in total. The summed E-state index contributed by atoms with van der Waals surface area (Å²) in [7, 11) is 1.62. The number of urea groups is 1. The smallest absolute Gasteiger partial charge is 0.326 e. The first-order valence-electron chi connectivity index (χ1n) is 7.89. The summed E-state index contributed by atoms with van der Waals surface area (Å²) in [6.45, 7) is 3.25. The SMILES string of the molecule is CCN(C(=O)CCCN1C(=O)CN(C)C1=O)C1CCCC1. The number of rotatable bonds is 6. The van der Waals surface area contributed by atoms with Crippen LogP contribution in [0.25, 0.3) is 0 Å². The lowest BCUT2D eigenvalue weighted by Gasteiger charge is -2.28. The summed E-state index contributed by atoms with van der Waals surface area (Å²) >= 11 is 0. The number of hydrogen-bond donors (Lipinski definition) is 0. The maximum atomic E-state index is 12.3. The monoisotopic (exact) mass is 295 g/mol. The number of likely N-dealkylation sites (N-methyl/N-ethyl adjacent to an activating group) is 1. The standard InChI is InChI=1S/C15H25N3O3/c1-3-17(12-7-4-5-8-12)13(19)9-6-10-18-14(20)11-16(2)15(18)21/h12H,3-11H2,1-2H3. The summed E-state index contributed by atoms with van der Waals surface area (Å²) in [5.74, 6) is -0.0186. The molecule has 2 fully saturated rings. The number of carbonyl (C=O) groups excluding carboxylic acids is 3. The molecule has 0 aromatic heterocycles. The van der Waals surface area contributed by atoms with Crippen molar-refractivity contribution in [2.75, 3.05) is 26.7 Å². The van der Waals surface area contributed by atoms with E-state index in [9.17, 15) is 14.4 Å². The zero-order chi connectivity index (χ0) is 15.4. The van der Waals surface area contributed by atoms with Crippen molar-refractivity contribution >= 4 is 17.8 Å². The molecule has 1 aliphatic heterocycles. The molecule has 1 saturated heterocycles. The van der Waals surface area contributed by atoms with E-state index >= 15 is 0 Å². The largest absolute Gasteiger partial charge is 0.340 e. The van der Waals surface area contributed by atoms with Gasteiger partial charge in [-0.15, -0.1) is 0 Å². The Kier molecular flexibility index (Phi) is 5.20. The van der Waals surface area contributed by atoms with Gasteiger partial charge in [0.05, 0.1) is 0 Å². The number of imide groups is 1. The Morgan fingerprint density at radius 1 is 1.29 bits per heavy atom. The van der Waals surface area contributed by atoms with Crippen LogP contribution >= 0.6 is 0 Å².